The fourth-order valence-corrected chi connectivity index (χ4v) is 2.70. The van der Waals surface area contributed by atoms with Crippen LogP contribution in [0.15, 0.2) is 53.5 Å². The summed E-state index contributed by atoms with van der Waals surface area (Å²) in [4.78, 5) is 16.6. The lowest BCUT2D eigenvalue weighted by atomic mass is 10.1. The molecule has 0 heterocycles. The number of phenolic OH excluding ortho intramolecular Hbond substituents is 1. The monoisotopic (exact) mass is 382 g/mol. The molecule has 28 heavy (non-hydrogen) atoms. The number of nitrogens with zero attached hydrogens (tertiary/aromatic N) is 1. The van der Waals surface area contributed by atoms with E-state index in [0.717, 1.165) is 13.0 Å². The van der Waals surface area contributed by atoms with Gasteiger partial charge in [0.1, 0.15) is 5.75 Å². The van der Waals surface area contributed by atoms with Crippen molar-refractivity contribution in [3.05, 3.63) is 65.2 Å². The van der Waals surface area contributed by atoms with Gasteiger partial charge in [-0.25, -0.2) is 0 Å². The Balaban J connectivity index is 1.86. The van der Waals surface area contributed by atoms with Gasteiger partial charge < -0.3 is 21.1 Å². The zero-order valence-corrected chi connectivity index (χ0v) is 16.8. The lowest BCUT2D eigenvalue weighted by Gasteiger charge is -2.18. The second kappa shape index (κ2) is 11.0. The fourth-order valence-electron chi connectivity index (χ4n) is 2.70. The summed E-state index contributed by atoms with van der Waals surface area (Å²) in [5.41, 5.74) is 3.03. The van der Waals surface area contributed by atoms with Gasteiger partial charge in [0.05, 0.1) is 12.6 Å². The van der Waals surface area contributed by atoms with Crippen molar-refractivity contribution in [1.29, 1.82) is 0 Å². The second-order valence-corrected chi connectivity index (χ2v) is 6.52. The van der Waals surface area contributed by atoms with Gasteiger partial charge in [0.25, 0.3) is 5.91 Å². The molecule has 0 fully saturated rings. The Morgan fingerprint density at radius 1 is 1.04 bits per heavy atom. The van der Waals surface area contributed by atoms with Crippen LogP contribution in [-0.2, 0) is 6.42 Å². The summed E-state index contributed by atoms with van der Waals surface area (Å²) in [7, 11) is 0. The molecule has 6 nitrogen and oxygen atoms in total. The number of nitrogens with one attached hydrogen (secondary N) is 3. The highest BCUT2D eigenvalue weighted by Gasteiger charge is 2.08. The SMILES string of the molecule is CCNC(=NCCNC(=O)c1ccc(O)cc1)NC(C)c1ccc(CC)cc1. The Bertz CT molecular complexity index is 770. The molecule has 2 aromatic carbocycles. The molecule has 0 spiro atoms. The highest BCUT2D eigenvalue weighted by atomic mass is 16.3. The molecule has 0 radical (unpaired) electrons. The van der Waals surface area contributed by atoms with Gasteiger partial charge in [-0.05, 0) is 55.7 Å². The third-order valence-corrected chi connectivity index (χ3v) is 4.38. The molecule has 0 saturated carbocycles. The van der Waals surface area contributed by atoms with Crippen molar-refractivity contribution in [3.63, 3.8) is 0 Å². The van der Waals surface area contributed by atoms with Crippen molar-refractivity contribution in [2.45, 2.75) is 33.2 Å². The standard InChI is InChI=1S/C22H30N4O2/c1-4-17-6-8-18(9-7-17)16(3)26-22(23-5-2)25-15-14-24-21(28)19-10-12-20(27)13-11-19/h6-13,16,27H,4-5,14-15H2,1-3H3,(H,24,28)(H2,23,25,26). The molecule has 0 bridgehead atoms. The first kappa shape index (κ1) is 21.3. The number of aryl methyl sites for hydroxylation is 1. The molecule has 2 aromatic rings. The molecule has 0 aliphatic rings. The molecule has 6 heteroatoms. The summed E-state index contributed by atoms with van der Waals surface area (Å²) in [5, 5.41) is 18.7. The number of hydrogen-bond acceptors (Lipinski definition) is 3. The fraction of sp³-hybridized carbons (Fsp3) is 0.364. The first-order valence-electron chi connectivity index (χ1n) is 9.74. The van der Waals surface area contributed by atoms with Crippen LogP contribution in [0.5, 0.6) is 5.75 Å². The Kier molecular flexibility index (Phi) is 8.34. The van der Waals surface area contributed by atoms with Crippen LogP contribution in [0.25, 0.3) is 0 Å². The summed E-state index contributed by atoms with van der Waals surface area (Å²) in [6.45, 7) is 7.90. The van der Waals surface area contributed by atoms with E-state index in [-0.39, 0.29) is 17.7 Å². The minimum Gasteiger partial charge on any atom is -0.508 e. The van der Waals surface area contributed by atoms with Crippen LogP contribution in [0, 0.1) is 0 Å². The zero-order chi connectivity index (χ0) is 20.4. The highest BCUT2D eigenvalue weighted by Crippen LogP contribution is 2.13. The maximum absolute atomic E-state index is 12.1. The molecule has 150 valence electrons. The van der Waals surface area contributed by atoms with Gasteiger partial charge in [-0.15, -0.1) is 0 Å². The van der Waals surface area contributed by atoms with Gasteiger partial charge in [0, 0.05) is 18.7 Å². The lowest BCUT2D eigenvalue weighted by Crippen LogP contribution is -2.39. The molecule has 1 unspecified atom stereocenters. The van der Waals surface area contributed by atoms with Crippen molar-refractivity contribution in [3.8, 4) is 5.75 Å². The number of hydrogen-bond donors (Lipinski definition) is 4. The minimum absolute atomic E-state index is 0.121. The van der Waals surface area contributed by atoms with E-state index in [4.69, 9.17) is 0 Å². The molecule has 0 aliphatic heterocycles. The van der Waals surface area contributed by atoms with Gasteiger partial charge in [-0.1, -0.05) is 31.2 Å². The first-order valence-corrected chi connectivity index (χ1v) is 9.74. The highest BCUT2D eigenvalue weighted by molar-refractivity contribution is 5.94. The maximum atomic E-state index is 12.1. The topological polar surface area (TPSA) is 85.8 Å². The summed E-state index contributed by atoms with van der Waals surface area (Å²) < 4.78 is 0. The summed E-state index contributed by atoms with van der Waals surface area (Å²) in [5.74, 6) is 0.673. The van der Waals surface area contributed by atoms with Crippen molar-refractivity contribution in [1.82, 2.24) is 16.0 Å². The molecule has 1 amide bonds. The van der Waals surface area contributed by atoms with E-state index in [1.165, 1.54) is 23.3 Å². The Labute approximate surface area is 167 Å². The van der Waals surface area contributed by atoms with Gasteiger partial charge >= 0.3 is 0 Å². The van der Waals surface area contributed by atoms with E-state index < -0.39 is 0 Å². The second-order valence-electron chi connectivity index (χ2n) is 6.52. The van der Waals surface area contributed by atoms with Gasteiger partial charge in [0.2, 0.25) is 0 Å². The Hall–Kier alpha value is -3.02. The van der Waals surface area contributed by atoms with Crippen LogP contribution < -0.4 is 16.0 Å². The lowest BCUT2D eigenvalue weighted by molar-refractivity contribution is 0.0955. The van der Waals surface area contributed by atoms with Crippen LogP contribution in [0.3, 0.4) is 0 Å². The first-order chi connectivity index (χ1) is 13.5. The Morgan fingerprint density at radius 2 is 1.71 bits per heavy atom. The summed E-state index contributed by atoms with van der Waals surface area (Å²) >= 11 is 0. The number of carbonyl (C=O) groups excluding carboxylic acids is 1. The summed E-state index contributed by atoms with van der Waals surface area (Å²) in [6.07, 6.45) is 1.03. The predicted molar refractivity (Wildman–Crippen MR) is 114 cm³/mol. The summed E-state index contributed by atoms with van der Waals surface area (Å²) in [6, 6.07) is 14.9. The van der Waals surface area contributed by atoms with E-state index in [1.54, 1.807) is 12.1 Å². The number of rotatable bonds is 8. The average Bonchev–Trinajstić information content (AvgIpc) is 2.71. The number of benzene rings is 2. The number of aliphatic imine (C=N–C) groups is 1. The van der Waals surface area contributed by atoms with Crippen molar-refractivity contribution in [2.75, 3.05) is 19.6 Å². The van der Waals surface area contributed by atoms with Crippen LogP contribution in [0.2, 0.25) is 0 Å². The van der Waals surface area contributed by atoms with Crippen molar-refractivity contribution < 1.29 is 9.90 Å². The van der Waals surface area contributed by atoms with E-state index in [9.17, 15) is 9.90 Å². The minimum atomic E-state index is -0.183. The van der Waals surface area contributed by atoms with Gasteiger partial charge in [-0.3, -0.25) is 9.79 Å². The van der Waals surface area contributed by atoms with E-state index >= 15 is 0 Å². The van der Waals surface area contributed by atoms with Gasteiger partial charge in [-0.2, -0.15) is 0 Å². The van der Waals surface area contributed by atoms with Crippen LogP contribution in [-0.4, -0.2) is 36.6 Å². The van der Waals surface area contributed by atoms with Crippen LogP contribution in [0.4, 0.5) is 0 Å². The van der Waals surface area contributed by atoms with Crippen LogP contribution in [0.1, 0.15) is 48.3 Å². The van der Waals surface area contributed by atoms with Crippen LogP contribution >= 0.6 is 0 Å². The number of guanidine groups is 1. The molecule has 4 N–H and O–H groups in total. The largest absolute Gasteiger partial charge is 0.508 e. The molecule has 1 atom stereocenters. The molecule has 0 aliphatic carbocycles. The molecule has 2 rings (SSSR count). The van der Waals surface area contributed by atoms with E-state index in [1.807, 2.05) is 6.92 Å². The third kappa shape index (κ3) is 6.61. The molecular weight excluding hydrogens is 352 g/mol. The molecular formula is C22H30N4O2. The normalized spacial score (nSPS) is 12.3. The third-order valence-electron chi connectivity index (χ3n) is 4.38. The van der Waals surface area contributed by atoms with Crippen molar-refractivity contribution in [2.24, 2.45) is 4.99 Å². The van der Waals surface area contributed by atoms with Gasteiger partial charge in [0.15, 0.2) is 5.96 Å². The number of amides is 1. The number of phenols is 1. The number of carbonyl (C=O) groups is 1. The van der Waals surface area contributed by atoms with Crippen molar-refractivity contribution >= 4 is 11.9 Å². The quantitative estimate of drug-likeness (QED) is 0.321. The molecule has 0 aromatic heterocycles. The Morgan fingerprint density at radius 3 is 2.32 bits per heavy atom. The maximum Gasteiger partial charge on any atom is 0.251 e. The zero-order valence-electron chi connectivity index (χ0n) is 16.8. The smallest absolute Gasteiger partial charge is 0.251 e. The average molecular weight is 383 g/mol. The van der Waals surface area contributed by atoms with E-state index in [0.29, 0.717) is 24.6 Å². The van der Waals surface area contributed by atoms with E-state index in [2.05, 4.69) is 59.1 Å². The number of aromatic hydroxyl groups is 1. The predicted octanol–water partition coefficient (Wildman–Crippen LogP) is 3.00. The molecule has 0 saturated heterocycles.